The van der Waals surface area contributed by atoms with E-state index in [0.29, 0.717) is 35.3 Å². The van der Waals surface area contributed by atoms with Crippen molar-refractivity contribution in [2.75, 3.05) is 5.32 Å². The summed E-state index contributed by atoms with van der Waals surface area (Å²) in [5.74, 6) is 0.978. The minimum atomic E-state index is -0.217. The number of aromatic nitrogens is 2. The van der Waals surface area contributed by atoms with Crippen molar-refractivity contribution in [2.45, 2.75) is 20.1 Å². The average Bonchev–Trinajstić information content (AvgIpc) is 3.21. The molecule has 4 rings (SSSR count). The van der Waals surface area contributed by atoms with E-state index in [4.69, 9.17) is 16.3 Å². The van der Waals surface area contributed by atoms with Crippen LogP contribution in [0, 0.1) is 6.92 Å². The molecule has 156 valence electrons. The highest BCUT2D eigenvalue weighted by atomic mass is 35.5. The lowest BCUT2D eigenvalue weighted by Crippen LogP contribution is -2.13. The second kappa shape index (κ2) is 9.49. The molecule has 0 saturated heterocycles. The molecule has 5 nitrogen and oxygen atoms in total. The van der Waals surface area contributed by atoms with Crippen LogP contribution in [0.5, 0.6) is 5.75 Å². The van der Waals surface area contributed by atoms with Crippen molar-refractivity contribution in [3.05, 3.63) is 112 Å². The first-order chi connectivity index (χ1) is 15.1. The number of anilines is 1. The fourth-order valence-electron chi connectivity index (χ4n) is 3.19. The zero-order chi connectivity index (χ0) is 21.6. The van der Waals surface area contributed by atoms with E-state index in [-0.39, 0.29) is 5.91 Å². The standard InChI is InChI=1S/C25H22ClN3O2/c1-18-6-2-3-8-21(18)16-29-13-12-24(28-29)27-25(30)20-9-4-7-19(14-20)17-31-23-11-5-10-22(26)15-23/h2-15H,16-17H2,1H3,(H,27,28,30). The zero-order valence-corrected chi connectivity index (χ0v) is 17.8. The van der Waals surface area contributed by atoms with Gasteiger partial charge < -0.3 is 10.1 Å². The van der Waals surface area contributed by atoms with Gasteiger partial charge in [0.1, 0.15) is 12.4 Å². The van der Waals surface area contributed by atoms with Crippen molar-refractivity contribution in [3.63, 3.8) is 0 Å². The molecule has 0 aliphatic rings. The summed E-state index contributed by atoms with van der Waals surface area (Å²) in [6.07, 6.45) is 1.86. The zero-order valence-electron chi connectivity index (χ0n) is 17.1. The summed E-state index contributed by atoms with van der Waals surface area (Å²) in [5, 5.41) is 7.94. The molecule has 0 saturated carbocycles. The molecular weight excluding hydrogens is 410 g/mol. The topological polar surface area (TPSA) is 56.2 Å². The number of ether oxygens (including phenoxy) is 1. The van der Waals surface area contributed by atoms with Gasteiger partial charge in [-0.25, -0.2) is 0 Å². The first kappa shape index (κ1) is 20.7. The highest BCUT2D eigenvalue weighted by molar-refractivity contribution is 6.30. The highest BCUT2D eigenvalue weighted by Gasteiger charge is 2.10. The van der Waals surface area contributed by atoms with Crippen molar-refractivity contribution < 1.29 is 9.53 Å². The van der Waals surface area contributed by atoms with Crippen LogP contribution in [0.4, 0.5) is 5.82 Å². The Kier molecular flexibility index (Phi) is 6.34. The number of aryl methyl sites for hydroxylation is 1. The summed E-state index contributed by atoms with van der Waals surface area (Å²) in [5.41, 5.74) is 3.83. The van der Waals surface area contributed by atoms with Crippen LogP contribution in [0.3, 0.4) is 0 Å². The van der Waals surface area contributed by atoms with Crippen LogP contribution >= 0.6 is 11.6 Å². The number of carbonyl (C=O) groups is 1. The van der Waals surface area contributed by atoms with Crippen LogP contribution < -0.4 is 10.1 Å². The molecule has 31 heavy (non-hydrogen) atoms. The van der Waals surface area contributed by atoms with E-state index in [1.807, 2.05) is 53.3 Å². The van der Waals surface area contributed by atoms with Gasteiger partial charge in [-0.3, -0.25) is 9.48 Å². The smallest absolute Gasteiger partial charge is 0.256 e. The van der Waals surface area contributed by atoms with E-state index in [1.54, 1.807) is 24.3 Å². The maximum atomic E-state index is 12.7. The summed E-state index contributed by atoms with van der Waals surface area (Å²) in [6.45, 7) is 3.07. The summed E-state index contributed by atoms with van der Waals surface area (Å²) < 4.78 is 7.58. The minimum Gasteiger partial charge on any atom is -0.489 e. The second-order valence-corrected chi connectivity index (χ2v) is 7.66. The molecular formula is C25H22ClN3O2. The third-order valence-electron chi connectivity index (χ3n) is 4.87. The molecule has 6 heteroatoms. The maximum absolute atomic E-state index is 12.7. The number of rotatable bonds is 7. The molecule has 1 aromatic heterocycles. The molecule has 0 fully saturated rings. The molecule has 0 unspecified atom stereocenters. The quantitative estimate of drug-likeness (QED) is 0.407. The molecule has 0 bridgehead atoms. The molecule has 1 N–H and O–H groups in total. The Labute approximate surface area is 186 Å². The molecule has 1 amide bonds. The number of carbonyl (C=O) groups excluding carboxylic acids is 1. The lowest BCUT2D eigenvalue weighted by Gasteiger charge is -2.08. The average molecular weight is 432 g/mol. The molecule has 1 heterocycles. The number of nitrogens with zero attached hydrogens (tertiary/aromatic N) is 2. The Morgan fingerprint density at radius 3 is 2.71 bits per heavy atom. The first-order valence-electron chi connectivity index (χ1n) is 9.93. The van der Waals surface area contributed by atoms with Gasteiger partial charge in [-0.1, -0.05) is 54.1 Å². The van der Waals surface area contributed by atoms with Gasteiger partial charge in [-0.15, -0.1) is 0 Å². The minimum absolute atomic E-state index is 0.217. The van der Waals surface area contributed by atoms with Crippen LogP contribution in [0.15, 0.2) is 85.1 Å². The van der Waals surface area contributed by atoms with Crippen molar-refractivity contribution in [1.82, 2.24) is 9.78 Å². The second-order valence-electron chi connectivity index (χ2n) is 7.23. The number of amides is 1. The predicted molar refractivity (Wildman–Crippen MR) is 123 cm³/mol. The fourth-order valence-corrected chi connectivity index (χ4v) is 3.37. The van der Waals surface area contributed by atoms with Crippen LogP contribution in [-0.2, 0) is 13.2 Å². The van der Waals surface area contributed by atoms with E-state index in [9.17, 15) is 4.79 Å². The number of hydrogen-bond donors (Lipinski definition) is 1. The molecule has 0 aliphatic carbocycles. The number of hydrogen-bond acceptors (Lipinski definition) is 3. The monoisotopic (exact) mass is 431 g/mol. The van der Waals surface area contributed by atoms with Crippen LogP contribution in [0.25, 0.3) is 0 Å². The van der Waals surface area contributed by atoms with Gasteiger partial charge in [0, 0.05) is 22.8 Å². The Hall–Kier alpha value is -3.57. The third kappa shape index (κ3) is 5.53. The van der Waals surface area contributed by atoms with Crippen molar-refractivity contribution >= 4 is 23.3 Å². The van der Waals surface area contributed by atoms with Gasteiger partial charge in [0.25, 0.3) is 5.91 Å². The predicted octanol–water partition coefficient (Wildman–Crippen LogP) is 5.72. The molecule has 0 atom stereocenters. The van der Waals surface area contributed by atoms with Gasteiger partial charge in [-0.05, 0) is 53.9 Å². The van der Waals surface area contributed by atoms with E-state index >= 15 is 0 Å². The summed E-state index contributed by atoms with van der Waals surface area (Å²) in [6, 6.07) is 24.5. The summed E-state index contributed by atoms with van der Waals surface area (Å²) in [4.78, 5) is 12.7. The van der Waals surface area contributed by atoms with E-state index in [1.165, 1.54) is 11.1 Å². The Morgan fingerprint density at radius 1 is 1.03 bits per heavy atom. The van der Waals surface area contributed by atoms with Gasteiger partial charge in [0.15, 0.2) is 5.82 Å². The normalized spacial score (nSPS) is 10.6. The number of nitrogens with one attached hydrogen (secondary N) is 1. The third-order valence-corrected chi connectivity index (χ3v) is 5.10. The van der Waals surface area contributed by atoms with Gasteiger partial charge in [0.2, 0.25) is 0 Å². The summed E-state index contributed by atoms with van der Waals surface area (Å²) >= 11 is 5.98. The first-order valence-corrected chi connectivity index (χ1v) is 10.3. The Balaban J connectivity index is 1.38. The molecule has 0 radical (unpaired) electrons. The van der Waals surface area contributed by atoms with Crippen LogP contribution in [0.1, 0.15) is 27.0 Å². The maximum Gasteiger partial charge on any atom is 0.256 e. The van der Waals surface area contributed by atoms with E-state index in [2.05, 4.69) is 29.5 Å². The van der Waals surface area contributed by atoms with E-state index in [0.717, 1.165) is 5.56 Å². The fraction of sp³-hybridized carbons (Fsp3) is 0.120. The molecule has 0 aliphatic heterocycles. The molecule has 3 aromatic carbocycles. The van der Waals surface area contributed by atoms with Crippen LogP contribution in [0.2, 0.25) is 5.02 Å². The van der Waals surface area contributed by atoms with Gasteiger partial charge in [-0.2, -0.15) is 5.10 Å². The van der Waals surface area contributed by atoms with E-state index < -0.39 is 0 Å². The Bertz CT molecular complexity index is 1200. The summed E-state index contributed by atoms with van der Waals surface area (Å²) in [7, 11) is 0. The largest absolute Gasteiger partial charge is 0.489 e. The van der Waals surface area contributed by atoms with Crippen molar-refractivity contribution in [1.29, 1.82) is 0 Å². The van der Waals surface area contributed by atoms with Crippen LogP contribution in [-0.4, -0.2) is 15.7 Å². The van der Waals surface area contributed by atoms with Crippen molar-refractivity contribution in [2.24, 2.45) is 0 Å². The Morgan fingerprint density at radius 2 is 1.87 bits per heavy atom. The number of halogens is 1. The SMILES string of the molecule is Cc1ccccc1Cn1ccc(NC(=O)c2cccc(COc3cccc(Cl)c3)c2)n1. The van der Waals surface area contributed by atoms with Gasteiger partial charge in [0.05, 0.1) is 6.54 Å². The lowest BCUT2D eigenvalue weighted by molar-refractivity contribution is 0.102. The van der Waals surface area contributed by atoms with Crippen molar-refractivity contribution in [3.8, 4) is 5.75 Å². The molecule has 4 aromatic rings. The lowest BCUT2D eigenvalue weighted by atomic mass is 10.1. The molecule has 0 spiro atoms. The highest BCUT2D eigenvalue weighted by Crippen LogP contribution is 2.19. The van der Waals surface area contributed by atoms with Gasteiger partial charge >= 0.3 is 0 Å². The number of benzene rings is 3.